The second kappa shape index (κ2) is 10.2. The van der Waals surface area contributed by atoms with E-state index >= 15 is 0 Å². The molecular weight excluding hydrogens is 376 g/mol. The highest BCUT2D eigenvalue weighted by Crippen LogP contribution is 2.16. The summed E-state index contributed by atoms with van der Waals surface area (Å²) in [5.41, 5.74) is 8.65. The summed E-state index contributed by atoms with van der Waals surface area (Å²) >= 11 is 0. The van der Waals surface area contributed by atoms with Crippen molar-refractivity contribution < 1.29 is 13.2 Å². The third kappa shape index (κ3) is 6.63. The van der Waals surface area contributed by atoms with Gasteiger partial charge in [-0.05, 0) is 29.7 Å². The normalized spacial score (nSPS) is 12.4. The molecule has 0 aromatic heterocycles. The molecule has 2 aromatic rings. The quantitative estimate of drug-likeness (QED) is 0.440. The molecule has 0 bridgehead atoms. The number of para-hydroxylation sites is 1. The Hall–Kier alpha value is -2.42. The van der Waals surface area contributed by atoms with E-state index in [1.165, 1.54) is 0 Å². The van der Waals surface area contributed by atoms with Gasteiger partial charge in [-0.3, -0.25) is 0 Å². The van der Waals surface area contributed by atoms with Gasteiger partial charge in [0.2, 0.25) is 10.0 Å². The van der Waals surface area contributed by atoms with Gasteiger partial charge in [-0.25, -0.2) is 18.1 Å². The van der Waals surface area contributed by atoms with Crippen molar-refractivity contribution in [2.45, 2.75) is 31.9 Å². The topological polar surface area (TPSA) is 106 Å². The molecule has 4 N–H and O–H groups in total. The lowest BCUT2D eigenvalue weighted by atomic mass is 10.2. The third-order valence-corrected chi connectivity index (χ3v) is 5.37. The summed E-state index contributed by atoms with van der Waals surface area (Å²) < 4.78 is 32.2. The SMILES string of the molecule is COCc1ccccc1NC(N)=NCc1ccc(S(=O)(=O)NCC(C)C)cc1. The number of sulfonamides is 1. The van der Waals surface area contributed by atoms with E-state index in [0.29, 0.717) is 19.7 Å². The van der Waals surface area contributed by atoms with Crippen molar-refractivity contribution in [3.05, 3.63) is 59.7 Å². The molecule has 0 saturated heterocycles. The fourth-order valence-corrected chi connectivity index (χ4v) is 3.63. The Bertz CT molecular complexity index is 894. The van der Waals surface area contributed by atoms with Gasteiger partial charge < -0.3 is 15.8 Å². The number of hydrogen-bond acceptors (Lipinski definition) is 4. The van der Waals surface area contributed by atoms with Gasteiger partial charge in [-0.2, -0.15) is 0 Å². The minimum absolute atomic E-state index is 0.237. The van der Waals surface area contributed by atoms with E-state index in [9.17, 15) is 8.42 Å². The highest BCUT2D eigenvalue weighted by Gasteiger charge is 2.13. The second-order valence-corrected chi connectivity index (χ2v) is 8.57. The Morgan fingerprint density at radius 3 is 2.46 bits per heavy atom. The number of methoxy groups -OCH3 is 1. The van der Waals surface area contributed by atoms with Crippen LogP contribution in [0.25, 0.3) is 0 Å². The zero-order valence-electron chi connectivity index (χ0n) is 16.5. The predicted molar refractivity (Wildman–Crippen MR) is 113 cm³/mol. The summed E-state index contributed by atoms with van der Waals surface area (Å²) in [5, 5.41) is 3.07. The van der Waals surface area contributed by atoms with Gasteiger partial charge >= 0.3 is 0 Å². The Labute approximate surface area is 167 Å². The first-order valence-electron chi connectivity index (χ1n) is 9.04. The molecule has 8 heteroatoms. The summed E-state index contributed by atoms with van der Waals surface area (Å²) in [5.74, 6) is 0.520. The van der Waals surface area contributed by atoms with E-state index < -0.39 is 10.0 Å². The number of hydrogen-bond donors (Lipinski definition) is 3. The average molecular weight is 405 g/mol. The van der Waals surface area contributed by atoms with Crippen LogP contribution in [0.4, 0.5) is 5.69 Å². The number of aliphatic imine (C=N–C) groups is 1. The van der Waals surface area contributed by atoms with E-state index in [1.807, 2.05) is 38.1 Å². The Morgan fingerprint density at radius 2 is 1.82 bits per heavy atom. The number of guanidine groups is 1. The van der Waals surface area contributed by atoms with Crippen molar-refractivity contribution >= 4 is 21.7 Å². The smallest absolute Gasteiger partial charge is 0.240 e. The van der Waals surface area contributed by atoms with Crippen LogP contribution in [-0.4, -0.2) is 28.0 Å². The standard InChI is InChI=1S/C20H28N4O3S/c1-15(2)12-23-28(25,26)18-10-8-16(9-11-18)13-22-20(21)24-19-7-5-4-6-17(19)14-27-3/h4-11,15,23H,12-14H2,1-3H3,(H3,21,22,24). The van der Waals surface area contributed by atoms with Gasteiger partial charge in [-0.15, -0.1) is 0 Å². The number of nitrogens with one attached hydrogen (secondary N) is 2. The van der Waals surface area contributed by atoms with Gasteiger partial charge in [0.1, 0.15) is 0 Å². The number of anilines is 1. The summed E-state index contributed by atoms with van der Waals surface area (Å²) in [6, 6.07) is 14.3. The van der Waals surface area contributed by atoms with Crippen LogP contribution in [0.1, 0.15) is 25.0 Å². The molecule has 0 aliphatic carbocycles. The number of rotatable bonds is 9. The van der Waals surface area contributed by atoms with E-state index in [0.717, 1.165) is 16.8 Å². The van der Waals surface area contributed by atoms with Gasteiger partial charge in [0.25, 0.3) is 0 Å². The molecule has 7 nitrogen and oxygen atoms in total. The Kier molecular flexibility index (Phi) is 7.98. The first-order valence-corrected chi connectivity index (χ1v) is 10.5. The molecule has 0 atom stereocenters. The molecule has 2 aromatic carbocycles. The molecule has 152 valence electrons. The van der Waals surface area contributed by atoms with Crippen LogP contribution in [0.2, 0.25) is 0 Å². The van der Waals surface area contributed by atoms with Crippen molar-refractivity contribution in [1.29, 1.82) is 0 Å². The number of benzene rings is 2. The van der Waals surface area contributed by atoms with Crippen LogP contribution >= 0.6 is 0 Å². The molecule has 2 rings (SSSR count). The van der Waals surface area contributed by atoms with Crippen molar-refractivity contribution in [3.8, 4) is 0 Å². The largest absolute Gasteiger partial charge is 0.380 e. The lowest BCUT2D eigenvalue weighted by Gasteiger charge is -2.11. The van der Waals surface area contributed by atoms with Gasteiger partial charge in [0.05, 0.1) is 18.0 Å². The van der Waals surface area contributed by atoms with E-state index in [2.05, 4.69) is 15.0 Å². The summed E-state index contributed by atoms with van der Waals surface area (Å²) in [4.78, 5) is 4.56. The molecular formula is C20H28N4O3S. The lowest BCUT2D eigenvalue weighted by Crippen LogP contribution is -2.27. The van der Waals surface area contributed by atoms with Crippen LogP contribution in [0.3, 0.4) is 0 Å². The average Bonchev–Trinajstić information content (AvgIpc) is 2.67. The fourth-order valence-electron chi connectivity index (χ4n) is 2.41. The molecule has 0 aliphatic rings. The molecule has 0 aliphatic heterocycles. The molecule has 28 heavy (non-hydrogen) atoms. The lowest BCUT2D eigenvalue weighted by molar-refractivity contribution is 0.185. The van der Waals surface area contributed by atoms with Crippen molar-refractivity contribution in [1.82, 2.24) is 4.72 Å². The van der Waals surface area contributed by atoms with E-state index in [1.54, 1.807) is 31.4 Å². The van der Waals surface area contributed by atoms with Gasteiger partial charge in [-0.1, -0.05) is 44.2 Å². The number of ether oxygens (including phenoxy) is 1. The molecule has 0 spiro atoms. The Balaban J connectivity index is 2.00. The third-order valence-electron chi connectivity index (χ3n) is 3.93. The monoisotopic (exact) mass is 404 g/mol. The zero-order chi connectivity index (χ0) is 20.6. The van der Waals surface area contributed by atoms with Crippen LogP contribution in [0, 0.1) is 5.92 Å². The highest BCUT2D eigenvalue weighted by molar-refractivity contribution is 7.89. The molecule has 0 unspecified atom stereocenters. The molecule has 0 amide bonds. The number of nitrogens with zero attached hydrogens (tertiary/aromatic N) is 1. The van der Waals surface area contributed by atoms with Crippen molar-refractivity contribution in [2.24, 2.45) is 16.6 Å². The minimum atomic E-state index is -3.49. The van der Waals surface area contributed by atoms with Crippen LogP contribution in [-0.2, 0) is 27.9 Å². The maximum Gasteiger partial charge on any atom is 0.240 e. The fraction of sp³-hybridized carbons (Fsp3) is 0.350. The van der Waals surface area contributed by atoms with E-state index in [4.69, 9.17) is 10.5 Å². The van der Waals surface area contributed by atoms with Gasteiger partial charge in [0, 0.05) is 24.9 Å². The first-order chi connectivity index (χ1) is 13.3. The maximum absolute atomic E-state index is 12.2. The molecule has 0 saturated carbocycles. The Morgan fingerprint density at radius 1 is 1.14 bits per heavy atom. The van der Waals surface area contributed by atoms with E-state index in [-0.39, 0.29) is 16.8 Å². The predicted octanol–water partition coefficient (Wildman–Crippen LogP) is 2.69. The first kappa shape index (κ1) is 21.9. The second-order valence-electron chi connectivity index (χ2n) is 6.81. The zero-order valence-corrected chi connectivity index (χ0v) is 17.3. The van der Waals surface area contributed by atoms with Crippen molar-refractivity contribution in [2.75, 3.05) is 19.0 Å². The maximum atomic E-state index is 12.2. The van der Waals surface area contributed by atoms with Crippen LogP contribution < -0.4 is 15.8 Å². The summed E-state index contributed by atoms with van der Waals surface area (Å²) in [7, 11) is -1.85. The summed E-state index contributed by atoms with van der Waals surface area (Å²) in [6.07, 6.45) is 0. The summed E-state index contributed by atoms with van der Waals surface area (Å²) in [6.45, 7) is 5.12. The van der Waals surface area contributed by atoms with Crippen LogP contribution in [0.5, 0.6) is 0 Å². The van der Waals surface area contributed by atoms with Crippen molar-refractivity contribution in [3.63, 3.8) is 0 Å². The molecule has 0 fully saturated rings. The minimum Gasteiger partial charge on any atom is -0.380 e. The van der Waals surface area contributed by atoms with Crippen LogP contribution in [0.15, 0.2) is 58.4 Å². The number of nitrogens with two attached hydrogens (primary N) is 1. The molecule has 0 heterocycles. The molecule has 0 radical (unpaired) electrons. The highest BCUT2D eigenvalue weighted by atomic mass is 32.2. The van der Waals surface area contributed by atoms with Gasteiger partial charge in [0.15, 0.2) is 5.96 Å².